The molecule has 1 N–H and O–H groups in total. The Morgan fingerprint density at radius 2 is 1.94 bits per heavy atom. The summed E-state index contributed by atoms with van der Waals surface area (Å²) in [4.78, 5) is 4.48. The number of aromatic nitrogens is 2. The Morgan fingerprint density at radius 3 is 2.67 bits per heavy atom. The average Bonchev–Trinajstić information content (AvgIpc) is 2.82. The molecule has 1 aromatic heterocycles. The fraction of sp³-hybridized carbons (Fsp3) is 0.800. The summed E-state index contributed by atoms with van der Waals surface area (Å²) in [6.45, 7) is 1.09. The SMILES string of the molecule is c1cn(C2CCCCC2)c(NCCC2CCC2)n1. The van der Waals surface area contributed by atoms with Gasteiger partial charge in [0.2, 0.25) is 5.95 Å². The van der Waals surface area contributed by atoms with Crippen LogP contribution >= 0.6 is 0 Å². The topological polar surface area (TPSA) is 29.9 Å². The molecule has 0 unspecified atom stereocenters. The number of anilines is 1. The van der Waals surface area contributed by atoms with Gasteiger partial charge in [0, 0.05) is 25.0 Å². The van der Waals surface area contributed by atoms with Crippen molar-refractivity contribution in [2.45, 2.75) is 63.8 Å². The van der Waals surface area contributed by atoms with Crippen molar-refractivity contribution in [3.05, 3.63) is 12.4 Å². The first-order chi connectivity index (χ1) is 8.93. The highest BCUT2D eigenvalue weighted by Gasteiger charge is 2.19. The molecule has 2 aliphatic carbocycles. The Balaban J connectivity index is 1.52. The van der Waals surface area contributed by atoms with Crippen LogP contribution in [0.2, 0.25) is 0 Å². The van der Waals surface area contributed by atoms with Crippen molar-refractivity contribution in [2.75, 3.05) is 11.9 Å². The fourth-order valence-corrected chi connectivity index (χ4v) is 3.27. The minimum atomic E-state index is 0.687. The van der Waals surface area contributed by atoms with Crippen LogP contribution in [-0.4, -0.2) is 16.1 Å². The molecular weight excluding hydrogens is 222 g/mol. The van der Waals surface area contributed by atoms with Crippen LogP contribution < -0.4 is 5.32 Å². The summed E-state index contributed by atoms with van der Waals surface area (Å²) in [7, 11) is 0. The zero-order valence-corrected chi connectivity index (χ0v) is 11.3. The van der Waals surface area contributed by atoms with Crippen molar-refractivity contribution in [1.82, 2.24) is 9.55 Å². The molecule has 2 saturated carbocycles. The lowest BCUT2D eigenvalue weighted by Gasteiger charge is -2.27. The maximum Gasteiger partial charge on any atom is 0.203 e. The monoisotopic (exact) mass is 247 g/mol. The number of rotatable bonds is 5. The highest BCUT2D eigenvalue weighted by Crippen LogP contribution is 2.31. The van der Waals surface area contributed by atoms with Gasteiger partial charge in [-0.3, -0.25) is 0 Å². The molecule has 0 spiro atoms. The summed E-state index contributed by atoms with van der Waals surface area (Å²) in [5, 5.41) is 3.54. The number of hydrogen-bond donors (Lipinski definition) is 1. The first kappa shape index (κ1) is 12.1. The van der Waals surface area contributed by atoms with Gasteiger partial charge in [-0.15, -0.1) is 0 Å². The van der Waals surface area contributed by atoms with Crippen molar-refractivity contribution in [3.63, 3.8) is 0 Å². The van der Waals surface area contributed by atoms with E-state index in [0.717, 1.165) is 18.4 Å². The number of imidazole rings is 1. The van der Waals surface area contributed by atoms with Crippen molar-refractivity contribution in [1.29, 1.82) is 0 Å². The predicted octanol–water partition coefficient (Wildman–Crippen LogP) is 3.99. The number of nitrogens with zero attached hydrogens (tertiary/aromatic N) is 2. The highest BCUT2D eigenvalue weighted by atomic mass is 15.2. The fourth-order valence-electron chi connectivity index (χ4n) is 3.27. The molecule has 0 radical (unpaired) electrons. The molecule has 3 nitrogen and oxygen atoms in total. The van der Waals surface area contributed by atoms with E-state index in [9.17, 15) is 0 Å². The third-order valence-electron chi connectivity index (χ3n) is 4.70. The Morgan fingerprint density at radius 1 is 1.11 bits per heavy atom. The second-order valence-electron chi connectivity index (χ2n) is 5.96. The van der Waals surface area contributed by atoms with Gasteiger partial charge in [-0.2, -0.15) is 0 Å². The van der Waals surface area contributed by atoms with Gasteiger partial charge in [0.1, 0.15) is 0 Å². The molecule has 2 aliphatic rings. The van der Waals surface area contributed by atoms with Gasteiger partial charge in [0.25, 0.3) is 0 Å². The molecule has 0 aromatic carbocycles. The lowest BCUT2D eigenvalue weighted by molar-refractivity contribution is 0.302. The summed E-state index contributed by atoms with van der Waals surface area (Å²) in [6, 6.07) is 0.687. The Labute approximate surface area is 110 Å². The molecule has 2 fully saturated rings. The maximum absolute atomic E-state index is 4.48. The van der Waals surface area contributed by atoms with Crippen molar-refractivity contribution >= 4 is 5.95 Å². The van der Waals surface area contributed by atoms with E-state index in [1.165, 1.54) is 57.8 Å². The van der Waals surface area contributed by atoms with Gasteiger partial charge in [-0.25, -0.2) is 4.98 Å². The Hall–Kier alpha value is -0.990. The predicted molar refractivity (Wildman–Crippen MR) is 74.8 cm³/mol. The summed E-state index contributed by atoms with van der Waals surface area (Å²) in [5.41, 5.74) is 0. The Bertz CT molecular complexity index is 362. The van der Waals surface area contributed by atoms with Crippen LogP contribution in [0.25, 0.3) is 0 Å². The standard InChI is InChI=1S/C15H25N3/c1-2-7-14(8-3-1)18-12-11-17-15(18)16-10-9-13-5-4-6-13/h11-14H,1-10H2,(H,16,17). The summed E-state index contributed by atoms with van der Waals surface area (Å²) in [5.74, 6) is 2.08. The average molecular weight is 247 g/mol. The van der Waals surface area contributed by atoms with E-state index in [1.54, 1.807) is 0 Å². The van der Waals surface area contributed by atoms with Gasteiger partial charge in [-0.1, -0.05) is 38.5 Å². The summed E-state index contributed by atoms with van der Waals surface area (Å²) in [6.07, 6.45) is 16.6. The first-order valence-corrected chi connectivity index (χ1v) is 7.70. The number of nitrogens with one attached hydrogen (secondary N) is 1. The van der Waals surface area contributed by atoms with Gasteiger partial charge in [0.15, 0.2) is 0 Å². The molecule has 0 saturated heterocycles. The van der Waals surface area contributed by atoms with Crippen LogP contribution in [0.3, 0.4) is 0 Å². The van der Waals surface area contributed by atoms with E-state index in [2.05, 4.69) is 21.1 Å². The smallest absolute Gasteiger partial charge is 0.203 e. The highest BCUT2D eigenvalue weighted by molar-refractivity contribution is 5.26. The summed E-state index contributed by atoms with van der Waals surface area (Å²) >= 11 is 0. The minimum absolute atomic E-state index is 0.687. The van der Waals surface area contributed by atoms with Gasteiger partial charge < -0.3 is 9.88 Å². The van der Waals surface area contributed by atoms with E-state index >= 15 is 0 Å². The van der Waals surface area contributed by atoms with Crippen molar-refractivity contribution in [3.8, 4) is 0 Å². The molecule has 100 valence electrons. The maximum atomic E-state index is 4.48. The number of hydrogen-bond acceptors (Lipinski definition) is 2. The molecule has 1 aromatic rings. The molecular formula is C15H25N3. The second-order valence-corrected chi connectivity index (χ2v) is 5.96. The van der Waals surface area contributed by atoms with Crippen LogP contribution in [0.15, 0.2) is 12.4 Å². The molecule has 1 heterocycles. The molecule has 0 aliphatic heterocycles. The van der Waals surface area contributed by atoms with E-state index in [1.807, 2.05) is 6.20 Å². The molecule has 0 atom stereocenters. The van der Waals surface area contributed by atoms with Crippen LogP contribution in [0.5, 0.6) is 0 Å². The van der Waals surface area contributed by atoms with E-state index in [4.69, 9.17) is 0 Å². The van der Waals surface area contributed by atoms with Crippen LogP contribution in [0.4, 0.5) is 5.95 Å². The third kappa shape index (κ3) is 2.70. The van der Waals surface area contributed by atoms with Gasteiger partial charge in [0.05, 0.1) is 0 Å². The van der Waals surface area contributed by atoms with E-state index in [0.29, 0.717) is 6.04 Å². The zero-order valence-electron chi connectivity index (χ0n) is 11.3. The van der Waals surface area contributed by atoms with Gasteiger partial charge in [-0.05, 0) is 25.2 Å². The largest absolute Gasteiger partial charge is 0.356 e. The zero-order chi connectivity index (χ0) is 12.2. The second kappa shape index (κ2) is 5.77. The van der Waals surface area contributed by atoms with E-state index < -0.39 is 0 Å². The summed E-state index contributed by atoms with van der Waals surface area (Å²) < 4.78 is 2.37. The van der Waals surface area contributed by atoms with Gasteiger partial charge >= 0.3 is 0 Å². The minimum Gasteiger partial charge on any atom is -0.356 e. The molecule has 0 bridgehead atoms. The molecule has 3 heteroatoms. The quantitative estimate of drug-likeness (QED) is 0.852. The van der Waals surface area contributed by atoms with Crippen molar-refractivity contribution in [2.24, 2.45) is 5.92 Å². The van der Waals surface area contributed by atoms with Crippen LogP contribution in [-0.2, 0) is 0 Å². The van der Waals surface area contributed by atoms with Crippen LogP contribution in [0.1, 0.15) is 63.8 Å². The normalized spacial score (nSPS) is 21.8. The lowest BCUT2D eigenvalue weighted by atomic mass is 9.83. The lowest BCUT2D eigenvalue weighted by Crippen LogP contribution is -2.19. The first-order valence-electron chi connectivity index (χ1n) is 7.70. The molecule has 3 rings (SSSR count). The Kier molecular flexibility index (Phi) is 3.87. The van der Waals surface area contributed by atoms with E-state index in [-0.39, 0.29) is 0 Å². The molecule has 0 amide bonds. The third-order valence-corrected chi connectivity index (χ3v) is 4.70. The van der Waals surface area contributed by atoms with Crippen molar-refractivity contribution < 1.29 is 0 Å². The molecule has 18 heavy (non-hydrogen) atoms. The van der Waals surface area contributed by atoms with Crippen LogP contribution in [0, 0.1) is 5.92 Å².